The highest BCUT2D eigenvalue weighted by molar-refractivity contribution is 6.10. The second kappa shape index (κ2) is 8.86. The fourth-order valence-corrected chi connectivity index (χ4v) is 4.19. The van der Waals surface area contributed by atoms with E-state index in [1.807, 2.05) is 30.3 Å². The SMILES string of the molecule is CCn1c2ccccc2c2cc(NC(=O)C(C)OC(=O)c3ccc(-c4ncc[nH]4)cc3)ccc21. The van der Waals surface area contributed by atoms with Crippen molar-refractivity contribution in [3.05, 3.63) is 84.7 Å². The monoisotopic (exact) mass is 452 g/mol. The van der Waals surface area contributed by atoms with Gasteiger partial charge in [0.2, 0.25) is 0 Å². The maximum absolute atomic E-state index is 12.7. The number of imidazole rings is 1. The highest BCUT2D eigenvalue weighted by Crippen LogP contribution is 2.31. The number of aryl methyl sites for hydroxylation is 1. The number of amides is 1. The minimum absolute atomic E-state index is 0.365. The molecule has 5 aromatic rings. The fraction of sp³-hybridized carbons (Fsp3) is 0.148. The molecule has 0 aliphatic carbocycles. The third kappa shape index (κ3) is 3.92. The Morgan fingerprint density at radius 2 is 1.79 bits per heavy atom. The number of aromatic nitrogens is 3. The number of ether oxygens (including phenoxy) is 1. The largest absolute Gasteiger partial charge is 0.449 e. The van der Waals surface area contributed by atoms with Gasteiger partial charge in [0.05, 0.1) is 5.56 Å². The van der Waals surface area contributed by atoms with Gasteiger partial charge in [0, 0.05) is 52.0 Å². The molecule has 1 unspecified atom stereocenters. The number of esters is 1. The zero-order valence-corrected chi connectivity index (χ0v) is 18.9. The Kier molecular flexibility index (Phi) is 5.59. The molecule has 170 valence electrons. The van der Waals surface area contributed by atoms with Crippen molar-refractivity contribution < 1.29 is 14.3 Å². The molecule has 0 aliphatic rings. The van der Waals surface area contributed by atoms with Crippen molar-refractivity contribution in [1.29, 1.82) is 0 Å². The minimum Gasteiger partial charge on any atom is -0.449 e. The summed E-state index contributed by atoms with van der Waals surface area (Å²) < 4.78 is 7.65. The van der Waals surface area contributed by atoms with Crippen LogP contribution in [0.3, 0.4) is 0 Å². The second-order valence-electron chi connectivity index (χ2n) is 8.05. The molecule has 0 aliphatic heterocycles. The molecule has 2 heterocycles. The van der Waals surface area contributed by atoms with Crippen LogP contribution in [0.5, 0.6) is 0 Å². The molecular weight excluding hydrogens is 428 g/mol. The molecule has 1 amide bonds. The number of nitrogens with zero attached hydrogens (tertiary/aromatic N) is 2. The summed E-state index contributed by atoms with van der Waals surface area (Å²) >= 11 is 0. The van der Waals surface area contributed by atoms with Gasteiger partial charge in [-0.1, -0.05) is 30.3 Å². The summed E-state index contributed by atoms with van der Waals surface area (Å²) in [5, 5.41) is 5.07. The first-order valence-electron chi connectivity index (χ1n) is 11.2. The third-order valence-corrected chi connectivity index (χ3v) is 5.90. The summed E-state index contributed by atoms with van der Waals surface area (Å²) in [4.78, 5) is 32.5. The highest BCUT2D eigenvalue weighted by Gasteiger charge is 2.20. The molecule has 0 fully saturated rings. The average molecular weight is 453 g/mol. The van der Waals surface area contributed by atoms with E-state index in [1.165, 1.54) is 0 Å². The van der Waals surface area contributed by atoms with Crippen LogP contribution in [0, 0.1) is 0 Å². The first-order valence-corrected chi connectivity index (χ1v) is 11.2. The van der Waals surface area contributed by atoms with Crippen molar-refractivity contribution in [3.63, 3.8) is 0 Å². The number of anilines is 1. The van der Waals surface area contributed by atoms with Crippen LogP contribution in [-0.2, 0) is 16.1 Å². The molecule has 5 rings (SSSR count). The Morgan fingerprint density at radius 3 is 2.53 bits per heavy atom. The van der Waals surface area contributed by atoms with Gasteiger partial charge < -0.3 is 19.6 Å². The lowest BCUT2D eigenvalue weighted by molar-refractivity contribution is -0.123. The maximum Gasteiger partial charge on any atom is 0.338 e. The Bertz CT molecular complexity index is 1480. The molecule has 0 saturated carbocycles. The van der Waals surface area contributed by atoms with E-state index in [0.29, 0.717) is 17.1 Å². The summed E-state index contributed by atoms with van der Waals surface area (Å²) in [5.41, 5.74) is 4.14. The first-order chi connectivity index (χ1) is 16.5. The van der Waals surface area contributed by atoms with Crippen LogP contribution in [0.4, 0.5) is 5.69 Å². The minimum atomic E-state index is -0.954. The number of fused-ring (bicyclic) bond motifs is 3. The Morgan fingerprint density at radius 1 is 1.03 bits per heavy atom. The van der Waals surface area contributed by atoms with Crippen LogP contribution in [0.1, 0.15) is 24.2 Å². The molecule has 7 nitrogen and oxygen atoms in total. The number of nitrogens with one attached hydrogen (secondary N) is 2. The van der Waals surface area contributed by atoms with Crippen LogP contribution >= 0.6 is 0 Å². The zero-order chi connectivity index (χ0) is 23.7. The van der Waals surface area contributed by atoms with Gasteiger partial charge >= 0.3 is 5.97 Å². The van der Waals surface area contributed by atoms with Crippen molar-refractivity contribution >= 4 is 39.4 Å². The lowest BCUT2D eigenvalue weighted by Gasteiger charge is -2.14. The number of hydrogen-bond donors (Lipinski definition) is 2. The van der Waals surface area contributed by atoms with Crippen LogP contribution in [-0.4, -0.2) is 32.5 Å². The van der Waals surface area contributed by atoms with Gasteiger partial charge in [-0.15, -0.1) is 0 Å². The van der Waals surface area contributed by atoms with Gasteiger partial charge in [0.25, 0.3) is 5.91 Å². The van der Waals surface area contributed by atoms with Gasteiger partial charge in [-0.2, -0.15) is 0 Å². The summed E-state index contributed by atoms with van der Waals surface area (Å²) in [6.07, 6.45) is 2.44. The van der Waals surface area contributed by atoms with Gasteiger partial charge in [-0.3, -0.25) is 4.79 Å². The summed E-state index contributed by atoms with van der Waals surface area (Å²) in [7, 11) is 0. The molecule has 0 saturated heterocycles. The quantitative estimate of drug-likeness (QED) is 0.338. The number of carbonyl (C=O) groups is 2. The number of hydrogen-bond acceptors (Lipinski definition) is 4. The molecule has 0 radical (unpaired) electrons. The predicted octanol–water partition coefficient (Wildman–Crippen LogP) is 5.39. The van der Waals surface area contributed by atoms with Crippen LogP contribution < -0.4 is 5.32 Å². The summed E-state index contributed by atoms with van der Waals surface area (Å²) in [6.45, 7) is 4.53. The average Bonchev–Trinajstić information content (AvgIpc) is 3.50. The highest BCUT2D eigenvalue weighted by atomic mass is 16.5. The van der Waals surface area contributed by atoms with Crippen LogP contribution in [0.15, 0.2) is 79.1 Å². The smallest absolute Gasteiger partial charge is 0.338 e. The van der Waals surface area contributed by atoms with Crippen molar-refractivity contribution in [2.24, 2.45) is 0 Å². The van der Waals surface area contributed by atoms with Crippen LogP contribution in [0.2, 0.25) is 0 Å². The van der Waals surface area contributed by atoms with Gasteiger partial charge in [-0.05, 0) is 50.2 Å². The normalized spacial score (nSPS) is 12.1. The lowest BCUT2D eigenvalue weighted by Crippen LogP contribution is -2.30. The third-order valence-electron chi connectivity index (χ3n) is 5.90. The number of aromatic amines is 1. The van der Waals surface area contributed by atoms with Gasteiger partial charge in [-0.25, -0.2) is 9.78 Å². The van der Waals surface area contributed by atoms with Gasteiger partial charge in [0.15, 0.2) is 6.10 Å². The number of H-pyrrole nitrogens is 1. The van der Waals surface area contributed by atoms with E-state index in [1.54, 1.807) is 43.6 Å². The van der Waals surface area contributed by atoms with E-state index < -0.39 is 12.1 Å². The van der Waals surface area contributed by atoms with Crippen molar-refractivity contribution in [3.8, 4) is 11.4 Å². The van der Waals surface area contributed by atoms with E-state index in [2.05, 4.69) is 38.9 Å². The Hall–Kier alpha value is -4.39. The number of para-hydroxylation sites is 1. The molecule has 2 aromatic heterocycles. The van der Waals surface area contributed by atoms with Gasteiger partial charge in [0.1, 0.15) is 5.82 Å². The summed E-state index contributed by atoms with van der Waals surface area (Å²) in [6, 6.07) is 20.9. The van der Waals surface area contributed by atoms with Crippen molar-refractivity contribution in [2.45, 2.75) is 26.5 Å². The Labute approximate surface area is 196 Å². The lowest BCUT2D eigenvalue weighted by atomic mass is 10.1. The van der Waals surface area contributed by atoms with E-state index in [9.17, 15) is 9.59 Å². The molecule has 1 atom stereocenters. The zero-order valence-electron chi connectivity index (χ0n) is 18.9. The topological polar surface area (TPSA) is 89.0 Å². The predicted molar refractivity (Wildman–Crippen MR) is 133 cm³/mol. The molecule has 34 heavy (non-hydrogen) atoms. The number of carbonyl (C=O) groups excluding carboxylic acids is 2. The second-order valence-corrected chi connectivity index (χ2v) is 8.05. The van der Waals surface area contributed by atoms with E-state index >= 15 is 0 Å². The summed E-state index contributed by atoms with van der Waals surface area (Å²) in [5.74, 6) is -0.235. The van der Waals surface area contributed by atoms with E-state index in [-0.39, 0.29) is 5.91 Å². The molecule has 0 bridgehead atoms. The van der Waals surface area contributed by atoms with Crippen molar-refractivity contribution in [1.82, 2.24) is 14.5 Å². The van der Waals surface area contributed by atoms with Crippen LogP contribution in [0.25, 0.3) is 33.2 Å². The fourth-order valence-electron chi connectivity index (χ4n) is 4.19. The van der Waals surface area contributed by atoms with Crippen molar-refractivity contribution in [2.75, 3.05) is 5.32 Å². The molecule has 0 spiro atoms. The standard InChI is InChI=1S/C27H24N4O3/c1-3-31-23-7-5-4-6-21(23)22-16-20(12-13-24(22)31)30-26(32)17(2)34-27(33)19-10-8-18(9-11-19)25-28-14-15-29-25/h4-17H,3H2,1-2H3,(H,28,29)(H,30,32). The Balaban J connectivity index is 1.29. The molecular formula is C27H24N4O3. The van der Waals surface area contributed by atoms with E-state index in [4.69, 9.17) is 4.74 Å². The first kappa shape index (κ1) is 21.5. The molecule has 3 aromatic carbocycles. The maximum atomic E-state index is 12.7. The number of rotatable bonds is 6. The molecule has 2 N–H and O–H groups in total. The number of benzene rings is 3. The van der Waals surface area contributed by atoms with E-state index in [0.717, 1.165) is 33.9 Å². The molecule has 7 heteroatoms.